The Morgan fingerprint density at radius 3 is 2.43 bits per heavy atom. The Labute approximate surface area is 318 Å². The van der Waals surface area contributed by atoms with Crippen molar-refractivity contribution in [2.45, 2.75) is 95.4 Å². The largest absolute Gasteiger partial charge is 0.497 e. The van der Waals surface area contributed by atoms with Crippen molar-refractivity contribution in [3.8, 4) is 17.0 Å². The number of likely N-dealkylation sites (N-methyl/N-ethyl adjacent to an activating group) is 1. The number of methoxy groups -OCH3 is 1. The van der Waals surface area contributed by atoms with Crippen molar-refractivity contribution in [2.75, 3.05) is 40.3 Å². The van der Waals surface area contributed by atoms with E-state index >= 15 is 0 Å². The number of nitrogens with zero attached hydrogens (tertiary/aromatic N) is 5. The first-order valence-electron chi connectivity index (χ1n) is 19.7. The van der Waals surface area contributed by atoms with Crippen LogP contribution < -0.4 is 9.46 Å². The number of carbonyl (C=O) groups is 2. The topological polar surface area (TPSA) is 119 Å². The zero-order chi connectivity index (χ0) is 37.7. The number of ether oxygens (including phenoxy) is 1. The number of aromatic nitrogens is 3. The maximum absolute atomic E-state index is 14.6. The van der Waals surface area contributed by atoms with Gasteiger partial charge in [0.15, 0.2) is 0 Å². The van der Waals surface area contributed by atoms with Crippen LogP contribution in [0.1, 0.15) is 121 Å². The lowest BCUT2D eigenvalue weighted by Gasteiger charge is -2.29. The Morgan fingerprint density at radius 1 is 0.907 bits per heavy atom. The molecule has 2 aliphatic heterocycles. The van der Waals surface area contributed by atoms with Gasteiger partial charge in [0.25, 0.3) is 11.8 Å². The van der Waals surface area contributed by atoms with Crippen molar-refractivity contribution in [3.05, 3.63) is 70.5 Å². The SMILES string of the molecule is COc1ccc2c(c1)C=C(c1c(C(=O)N3CCCN(C)CC3)cnn1C1CCC1)Cn1c-2c(C2CCCCC2)c2ccc(C(=O)NS(=O)(=O)C(C)C)cc21. The third-order valence-electron chi connectivity index (χ3n) is 12.2. The lowest BCUT2D eigenvalue weighted by atomic mass is 9.81. The molecule has 0 radical (unpaired) electrons. The van der Waals surface area contributed by atoms with Crippen molar-refractivity contribution < 1.29 is 22.7 Å². The van der Waals surface area contributed by atoms with Crippen LogP contribution in [0.3, 0.4) is 0 Å². The van der Waals surface area contributed by atoms with Crippen molar-refractivity contribution in [1.29, 1.82) is 0 Å². The fourth-order valence-corrected chi connectivity index (χ4v) is 9.41. The predicted octanol–water partition coefficient (Wildman–Crippen LogP) is 7.09. The molecule has 12 heteroatoms. The fraction of sp³-hybridized carbons (Fsp3) is 0.500. The Balaban J connectivity index is 1.34. The highest BCUT2D eigenvalue weighted by molar-refractivity contribution is 7.90. The van der Waals surface area contributed by atoms with Gasteiger partial charge in [0.1, 0.15) is 5.75 Å². The molecule has 286 valence electrons. The summed E-state index contributed by atoms with van der Waals surface area (Å²) in [5, 5.41) is 5.27. The van der Waals surface area contributed by atoms with E-state index in [0.717, 1.165) is 109 Å². The van der Waals surface area contributed by atoms with Crippen molar-refractivity contribution in [3.63, 3.8) is 0 Å². The molecule has 4 aliphatic rings. The van der Waals surface area contributed by atoms with Crippen LogP contribution in [0.2, 0.25) is 0 Å². The van der Waals surface area contributed by atoms with Gasteiger partial charge in [-0.05, 0) is 125 Å². The normalized spacial score (nSPS) is 18.8. The second-order valence-electron chi connectivity index (χ2n) is 15.9. The summed E-state index contributed by atoms with van der Waals surface area (Å²) in [6.45, 7) is 6.69. The molecule has 2 aliphatic carbocycles. The van der Waals surface area contributed by atoms with Gasteiger partial charge < -0.3 is 19.1 Å². The average molecular weight is 753 g/mol. The number of amides is 2. The molecule has 0 atom stereocenters. The van der Waals surface area contributed by atoms with Gasteiger partial charge in [-0.1, -0.05) is 25.3 Å². The minimum absolute atomic E-state index is 0.00712. The minimum atomic E-state index is -3.83. The lowest BCUT2D eigenvalue weighted by Crippen LogP contribution is -2.35. The maximum atomic E-state index is 14.6. The van der Waals surface area contributed by atoms with Crippen LogP contribution >= 0.6 is 0 Å². The number of rotatable bonds is 8. The van der Waals surface area contributed by atoms with E-state index in [1.807, 2.05) is 23.1 Å². The summed E-state index contributed by atoms with van der Waals surface area (Å²) < 4.78 is 38.1. The van der Waals surface area contributed by atoms with E-state index in [0.29, 0.717) is 31.1 Å². The van der Waals surface area contributed by atoms with Gasteiger partial charge in [-0.3, -0.25) is 14.3 Å². The van der Waals surface area contributed by atoms with Crippen molar-refractivity contribution in [1.82, 2.24) is 28.9 Å². The quantitative estimate of drug-likeness (QED) is 0.204. The van der Waals surface area contributed by atoms with E-state index in [-0.39, 0.29) is 17.5 Å². The number of fused-ring (bicyclic) bond motifs is 5. The summed E-state index contributed by atoms with van der Waals surface area (Å²) >= 11 is 0. The average Bonchev–Trinajstić information content (AvgIpc) is 3.55. The molecule has 3 fully saturated rings. The third-order valence-corrected chi connectivity index (χ3v) is 13.9. The summed E-state index contributed by atoms with van der Waals surface area (Å²) in [4.78, 5) is 32.4. The molecule has 2 aromatic heterocycles. The van der Waals surface area contributed by atoms with E-state index in [4.69, 9.17) is 9.84 Å². The molecule has 1 saturated heterocycles. The number of sulfonamides is 1. The lowest BCUT2D eigenvalue weighted by molar-refractivity contribution is 0.0762. The number of hydrogen-bond acceptors (Lipinski definition) is 7. The zero-order valence-electron chi connectivity index (χ0n) is 31.9. The van der Waals surface area contributed by atoms with E-state index in [1.165, 1.54) is 12.0 Å². The first-order chi connectivity index (χ1) is 26.0. The smallest absolute Gasteiger partial charge is 0.264 e. The molecule has 11 nitrogen and oxygen atoms in total. The highest BCUT2D eigenvalue weighted by atomic mass is 32.2. The molecule has 4 aromatic rings. The van der Waals surface area contributed by atoms with Crippen LogP contribution in [0, 0.1) is 0 Å². The summed E-state index contributed by atoms with van der Waals surface area (Å²) in [6.07, 6.45) is 13.7. The Hall–Kier alpha value is -4.42. The monoisotopic (exact) mass is 752 g/mol. The highest BCUT2D eigenvalue weighted by Gasteiger charge is 2.35. The van der Waals surface area contributed by atoms with Gasteiger partial charge in [0.2, 0.25) is 10.0 Å². The Bertz CT molecular complexity index is 2240. The zero-order valence-corrected chi connectivity index (χ0v) is 32.8. The number of benzene rings is 2. The van der Waals surface area contributed by atoms with E-state index in [1.54, 1.807) is 33.2 Å². The first-order valence-corrected chi connectivity index (χ1v) is 21.3. The molecular weight excluding hydrogens is 701 g/mol. The number of carbonyl (C=O) groups excluding carboxylic acids is 2. The fourth-order valence-electron chi connectivity index (χ4n) is 8.80. The van der Waals surface area contributed by atoms with Crippen LogP contribution in [0.5, 0.6) is 5.75 Å². The molecule has 8 rings (SSSR count). The van der Waals surface area contributed by atoms with Gasteiger partial charge >= 0.3 is 0 Å². The Kier molecular flexibility index (Phi) is 9.93. The van der Waals surface area contributed by atoms with Crippen molar-refractivity contribution >= 4 is 44.4 Å². The molecule has 4 heterocycles. The number of hydrogen-bond donors (Lipinski definition) is 1. The third kappa shape index (κ3) is 6.65. The van der Waals surface area contributed by atoms with Gasteiger partial charge in [-0.25, -0.2) is 13.1 Å². The van der Waals surface area contributed by atoms with Gasteiger partial charge in [-0.2, -0.15) is 5.10 Å². The van der Waals surface area contributed by atoms with Crippen LogP contribution in [-0.2, 0) is 16.6 Å². The molecule has 0 spiro atoms. The van der Waals surface area contributed by atoms with E-state index in [9.17, 15) is 18.0 Å². The number of nitrogens with one attached hydrogen (secondary N) is 1. The summed E-state index contributed by atoms with van der Waals surface area (Å²) in [5.41, 5.74) is 8.02. The first kappa shape index (κ1) is 36.6. The van der Waals surface area contributed by atoms with E-state index < -0.39 is 21.2 Å². The molecule has 0 unspecified atom stereocenters. The summed E-state index contributed by atoms with van der Waals surface area (Å²) in [7, 11) is -0.0450. The second-order valence-corrected chi connectivity index (χ2v) is 18.2. The van der Waals surface area contributed by atoms with Crippen LogP contribution in [-0.4, -0.2) is 90.0 Å². The molecular formula is C42H52N6O5S. The summed E-state index contributed by atoms with van der Waals surface area (Å²) in [5.74, 6) is 0.436. The van der Waals surface area contributed by atoms with Crippen molar-refractivity contribution in [2.24, 2.45) is 0 Å². The number of allylic oxidation sites excluding steroid dienone is 1. The second kappa shape index (κ2) is 14.7. The maximum Gasteiger partial charge on any atom is 0.264 e. The molecule has 54 heavy (non-hydrogen) atoms. The molecule has 2 amide bonds. The van der Waals surface area contributed by atoms with E-state index in [2.05, 4.69) is 44.1 Å². The Morgan fingerprint density at radius 2 is 1.70 bits per heavy atom. The molecule has 2 saturated carbocycles. The highest BCUT2D eigenvalue weighted by Crippen LogP contribution is 2.48. The standard InChI is InChI=1S/C42H52N6O5S/c1-27(2)54(51,52)44-41(49)29-14-16-35-37(24-29)47-26-31(22-30-23-33(53-4)15-17-34(30)40(47)38(35)28-10-6-5-7-11-28)39-36(25-43-48(39)32-12-8-13-32)42(50)46-19-9-18-45(3)20-21-46/h14-17,22-25,27-28,32H,5-13,18-21,26H2,1-4H3,(H,44,49). The minimum Gasteiger partial charge on any atom is -0.497 e. The van der Waals surface area contributed by atoms with Crippen LogP contribution in [0.15, 0.2) is 42.6 Å². The van der Waals surface area contributed by atoms with Crippen LogP contribution in [0.25, 0.3) is 33.8 Å². The van der Waals surface area contributed by atoms with Gasteiger partial charge in [-0.15, -0.1) is 0 Å². The molecule has 1 N–H and O–H groups in total. The summed E-state index contributed by atoms with van der Waals surface area (Å²) in [6, 6.07) is 12.0. The van der Waals surface area contributed by atoms with Crippen LogP contribution in [0.4, 0.5) is 0 Å². The molecule has 2 aromatic carbocycles. The van der Waals surface area contributed by atoms with Gasteiger partial charge in [0, 0.05) is 41.7 Å². The van der Waals surface area contributed by atoms with Gasteiger partial charge in [0.05, 0.1) is 48.1 Å². The molecule has 0 bridgehead atoms. The predicted molar refractivity (Wildman–Crippen MR) is 212 cm³/mol.